The number of para-hydroxylation sites is 1. The van der Waals surface area contributed by atoms with Gasteiger partial charge >= 0.3 is 0 Å². The second kappa shape index (κ2) is 12.1. The molecule has 1 aliphatic heterocycles. The molecule has 1 saturated heterocycles. The summed E-state index contributed by atoms with van der Waals surface area (Å²) < 4.78 is 7.87. The summed E-state index contributed by atoms with van der Waals surface area (Å²) in [6, 6.07) is 23.1. The molecule has 2 aromatic carbocycles. The zero-order valence-electron chi connectivity index (χ0n) is 23.4. The first-order chi connectivity index (χ1) is 20.6. The van der Waals surface area contributed by atoms with Crippen molar-refractivity contribution in [3.05, 3.63) is 97.5 Å². The van der Waals surface area contributed by atoms with Crippen molar-refractivity contribution in [2.24, 2.45) is 0 Å². The van der Waals surface area contributed by atoms with Gasteiger partial charge in [0, 0.05) is 44.5 Å². The number of nitrogens with zero attached hydrogens (tertiary/aromatic N) is 7. The van der Waals surface area contributed by atoms with Gasteiger partial charge in [0.25, 0.3) is 0 Å². The molecule has 2 N–H and O–H groups in total. The number of carbonyl (C=O) groups is 1. The van der Waals surface area contributed by atoms with Crippen LogP contribution in [0, 0.1) is 0 Å². The van der Waals surface area contributed by atoms with Crippen molar-refractivity contribution < 1.29 is 9.53 Å². The van der Waals surface area contributed by atoms with Crippen LogP contribution in [-0.4, -0.2) is 62.2 Å². The molecule has 5 aromatic rings. The molecule has 10 nitrogen and oxygen atoms in total. The lowest BCUT2D eigenvalue weighted by atomic mass is 10.1. The fourth-order valence-electron chi connectivity index (χ4n) is 5.20. The van der Waals surface area contributed by atoms with Gasteiger partial charge in [0.15, 0.2) is 5.65 Å². The largest absolute Gasteiger partial charge is 0.457 e. The van der Waals surface area contributed by atoms with Crippen LogP contribution >= 0.6 is 0 Å². The molecule has 0 spiro atoms. The van der Waals surface area contributed by atoms with E-state index in [-0.39, 0.29) is 11.9 Å². The third-order valence-electron chi connectivity index (χ3n) is 7.36. The monoisotopic (exact) mass is 560 g/mol. The standard InChI is InChI=1S/C32H32N8O2/c1-38(27-12-5-6-18-34-27)19-8-13-28(41)39-20-7-9-24(21-39)40-32-29(31(33)35-22-36-32)30(37-40)23-14-16-26(17-15-23)42-25-10-3-2-4-11-25/h2-6,8,10-18,22,24H,7,9,19-21H2,1H3,(H2,33,35,36)/b13-8+. The summed E-state index contributed by atoms with van der Waals surface area (Å²) in [4.78, 5) is 30.1. The van der Waals surface area contributed by atoms with Crippen molar-refractivity contribution in [2.75, 3.05) is 37.3 Å². The van der Waals surface area contributed by atoms with Crippen molar-refractivity contribution in [3.8, 4) is 22.8 Å². The predicted molar refractivity (Wildman–Crippen MR) is 163 cm³/mol. The summed E-state index contributed by atoms with van der Waals surface area (Å²) in [5.74, 6) is 2.69. The molecule has 1 atom stereocenters. The molecule has 1 unspecified atom stereocenters. The Bertz CT molecular complexity index is 1690. The molecular weight excluding hydrogens is 528 g/mol. The third-order valence-corrected chi connectivity index (χ3v) is 7.36. The van der Waals surface area contributed by atoms with E-state index in [9.17, 15) is 4.79 Å². The van der Waals surface area contributed by atoms with E-state index in [4.69, 9.17) is 15.6 Å². The molecule has 1 amide bonds. The molecule has 0 radical (unpaired) electrons. The van der Waals surface area contributed by atoms with E-state index in [1.54, 1.807) is 12.3 Å². The number of nitrogen functional groups attached to an aromatic ring is 1. The number of ether oxygens (including phenoxy) is 1. The van der Waals surface area contributed by atoms with Crippen molar-refractivity contribution in [2.45, 2.75) is 18.9 Å². The van der Waals surface area contributed by atoms with Crippen LogP contribution in [0.5, 0.6) is 11.5 Å². The SMILES string of the molecule is CN(C/C=C/C(=O)N1CCCC(n2nc(-c3ccc(Oc4ccccc4)cc3)c3c(N)ncnc32)C1)c1ccccn1. The summed E-state index contributed by atoms with van der Waals surface area (Å²) in [6.07, 6.45) is 8.48. The number of likely N-dealkylation sites (N-methyl/N-ethyl adjacent to an activating group) is 1. The van der Waals surface area contributed by atoms with Crippen LogP contribution in [0.3, 0.4) is 0 Å². The molecule has 1 aliphatic rings. The Labute approximate surface area is 244 Å². The highest BCUT2D eigenvalue weighted by molar-refractivity contribution is 5.98. The van der Waals surface area contributed by atoms with Gasteiger partial charge in [-0.2, -0.15) is 5.10 Å². The molecule has 6 rings (SSSR count). The Morgan fingerprint density at radius 1 is 1.02 bits per heavy atom. The second-order valence-electron chi connectivity index (χ2n) is 10.2. The van der Waals surface area contributed by atoms with Crippen LogP contribution in [0.1, 0.15) is 18.9 Å². The molecular formula is C32H32N8O2. The molecule has 1 fully saturated rings. The maximum atomic E-state index is 13.1. The summed E-state index contributed by atoms with van der Waals surface area (Å²) in [7, 11) is 1.95. The number of aromatic nitrogens is 5. The molecule has 212 valence electrons. The van der Waals surface area contributed by atoms with E-state index in [2.05, 4.69) is 15.0 Å². The predicted octanol–water partition coefficient (Wildman–Crippen LogP) is 5.12. The highest BCUT2D eigenvalue weighted by Gasteiger charge is 2.28. The van der Waals surface area contributed by atoms with Crippen LogP contribution in [0.15, 0.2) is 97.5 Å². The summed E-state index contributed by atoms with van der Waals surface area (Å²) in [5.41, 5.74) is 8.60. The molecule has 3 aromatic heterocycles. The number of fused-ring (bicyclic) bond motifs is 1. The van der Waals surface area contributed by atoms with Crippen molar-refractivity contribution in [3.63, 3.8) is 0 Å². The number of rotatable bonds is 8. The van der Waals surface area contributed by atoms with Gasteiger partial charge in [-0.05, 0) is 61.4 Å². The Morgan fingerprint density at radius 2 is 1.81 bits per heavy atom. The number of hydrogen-bond acceptors (Lipinski definition) is 8. The minimum atomic E-state index is -0.0430. The minimum Gasteiger partial charge on any atom is -0.457 e. The number of benzene rings is 2. The van der Waals surface area contributed by atoms with E-state index >= 15 is 0 Å². The summed E-state index contributed by atoms with van der Waals surface area (Å²) >= 11 is 0. The number of likely N-dealkylation sites (tertiary alicyclic amines) is 1. The van der Waals surface area contributed by atoms with Gasteiger partial charge < -0.3 is 20.3 Å². The minimum absolute atomic E-state index is 0.0195. The molecule has 0 saturated carbocycles. The smallest absolute Gasteiger partial charge is 0.246 e. The van der Waals surface area contributed by atoms with Crippen LogP contribution in [0.4, 0.5) is 11.6 Å². The van der Waals surface area contributed by atoms with Gasteiger partial charge in [0.1, 0.15) is 35.2 Å². The lowest BCUT2D eigenvalue weighted by Gasteiger charge is -2.32. The number of anilines is 2. The van der Waals surface area contributed by atoms with Crippen molar-refractivity contribution >= 4 is 28.6 Å². The summed E-state index contributed by atoms with van der Waals surface area (Å²) in [5, 5.41) is 5.70. The topological polar surface area (TPSA) is 115 Å². The van der Waals surface area contributed by atoms with Gasteiger partial charge in [-0.15, -0.1) is 0 Å². The van der Waals surface area contributed by atoms with Crippen molar-refractivity contribution in [1.29, 1.82) is 0 Å². The van der Waals surface area contributed by atoms with E-state index in [0.717, 1.165) is 35.7 Å². The molecule has 4 heterocycles. The first-order valence-electron chi connectivity index (χ1n) is 14.0. The van der Waals surface area contributed by atoms with Gasteiger partial charge in [0.2, 0.25) is 5.91 Å². The maximum absolute atomic E-state index is 13.1. The maximum Gasteiger partial charge on any atom is 0.246 e. The van der Waals surface area contributed by atoms with Gasteiger partial charge in [-0.3, -0.25) is 4.79 Å². The molecule has 0 bridgehead atoms. The fraction of sp³-hybridized carbons (Fsp3) is 0.219. The quantitative estimate of drug-likeness (QED) is 0.260. The number of piperidine rings is 1. The van der Waals surface area contributed by atoms with Crippen LogP contribution in [0.25, 0.3) is 22.3 Å². The second-order valence-corrected chi connectivity index (χ2v) is 10.2. The summed E-state index contributed by atoms with van der Waals surface area (Å²) in [6.45, 7) is 1.81. The Kier molecular flexibility index (Phi) is 7.76. The Morgan fingerprint density at radius 3 is 2.60 bits per heavy atom. The van der Waals surface area contributed by atoms with Gasteiger partial charge in [-0.1, -0.05) is 30.3 Å². The van der Waals surface area contributed by atoms with E-state index in [1.165, 1.54) is 6.33 Å². The number of nitrogens with two attached hydrogens (primary N) is 1. The van der Waals surface area contributed by atoms with Gasteiger partial charge in [-0.25, -0.2) is 19.6 Å². The zero-order chi connectivity index (χ0) is 28.9. The van der Waals surface area contributed by atoms with E-state index < -0.39 is 0 Å². The van der Waals surface area contributed by atoms with Crippen LogP contribution in [0.2, 0.25) is 0 Å². The number of carbonyl (C=O) groups excluding carboxylic acids is 1. The number of amides is 1. The molecule has 10 heteroatoms. The average molecular weight is 561 g/mol. The lowest BCUT2D eigenvalue weighted by molar-refractivity contribution is -0.127. The number of hydrogen-bond donors (Lipinski definition) is 1. The van der Waals surface area contributed by atoms with Gasteiger partial charge in [0.05, 0.1) is 11.4 Å². The first kappa shape index (κ1) is 26.9. The van der Waals surface area contributed by atoms with E-state index in [1.807, 2.05) is 100 Å². The molecule has 0 aliphatic carbocycles. The highest BCUT2D eigenvalue weighted by atomic mass is 16.5. The Hall–Kier alpha value is -5.25. The lowest BCUT2D eigenvalue weighted by Crippen LogP contribution is -2.40. The molecule has 42 heavy (non-hydrogen) atoms. The average Bonchev–Trinajstić information content (AvgIpc) is 3.43. The highest BCUT2D eigenvalue weighted by Crippen LogP contribution is 2.35. The zero-order valence-corrected chi connectivity index (χ0v) is 23.4. The normalized spacial score (nSPS) is 15.3. The van der Waals surface area contributed by atoms with Crippen LogP contribution < -0.4 is 15.4 Å². The van der Waals surface area contributed by atoms with Crippen LogP contribution in [-0.2, 0) is 4.79 Å². The third kappa shape index (κ3) is 5.78. The van der Waals surface area contributed by atoms with E-state index in [0.29, 0.717) is 42.2 Å². The first-order valence-corrected chi connectivity index (χ1v) is 14.0. The Balaban J connectivity index is 1.20. The fourth-order valence-corrected chi connectivity index (χ4v) is 5.20. The number of pyridine rings is 1. The van der Waals surface area contributed by atoms with Crippen molar-refractivity contribution in [1.82, 2.24) is 29.6 Å².